The second-order valence-corrected chi connectivity index (χ2v) is 6.32. The van der Waals surface area contributed by atoms with Crippen molar-refractivity contribution in [2.75, 3.05) is 18.4 Å². The van der Waals surface area contributed by atoms with Gasteiger partial charge in [0, 0.05) is 18.8 Å². The van der Waals surface area contributed by atoms with Crippen molar-refractivity contribution in [3.8, 4) is 0 Å². The van der Waals surface area contributed by atoms with E-state index in [2.05, 4.69) is 15.0 Å². The van der Waals surface area contributed by atoms with E-state index >= 15 is 0 Å². The van der Waals surface area contributed by atoms with E-state index in [9.17, 15) is 35.9 Å². The van der Waals surface area contributed by atoms with Crippen LogP contribution in [0.5, 0.6) is 0 Å². The molecule has 2 aromatic rings. The summed E-state index contributed by atoms with van der Waals surface area (Å²) in [6.45, 7) is -0.443. The van der Waals surface area contributed by atoms with Crippen molar-refractivity contribution in [1.82, 2.24) is 19.9 Å². The first-order chi connectivity index (χ1) is 13.4. The summed E-state index contributed by atoms with van der Waals surface area (Å²) in [5.74, 6) is -4.88. The molecule has 0 radical (unpaired) electrons. The molecular weight excluding hydrogens is 432 g/mol. The van der Waals surface area contributed by atoms with Gasteiger partial charge < -0.3 is 9.88 Å². The number of amides is 2. The van der Waals surface area contributed by atoms with Crippen LogP contribution in [0.15, 0.2) is 12.1 Å². The average molecular weight is 442 g/mol. The Balaban J connectivity index is 1.83. The summed E-state index contributed by atoms with van der Waals surface area (Å²) in [4.78, 5) is 33.0. The number of H-pyrrole nitrogens is 1. The zero-order valence-electron chi connectivity index (χ0n) is 14.1. The molecule has 3 heterocycles. The van der Waals surface area contributed by atoms with Crippen molar-refractivity contribution in [3.05, 3.63) is 23.0 Å². The number of aromatic amines is 1. The Morgan fingerprint density at radius 2 is 1.83 bits per heavy atom. The normalized spacial score (nSPS) is 15.4. The van der Waals surface area contributed by atoms with Gasteiger partial charge in [0.2, 0.25) is 5.95 Å². The monoisotopic (exact) mass is 441 g/mol. The van der Waals surface area contributed by atoms with Crippen LogP contribution < -0.4 is 5.32 Å². The lowest BCUT2D eigenvalue weighted by Gasteiger charge is -2.26. The van der Waals surface area contributed by atoms with E-state index < -0.39 is 30.1 Å². The predicted molar refractivity (Wildman–Crippen MR) is 88.8 cm³/mol. The molecule has 0 fully saturated rings. The summed E-state index contributed by atoms with van der Waals surface area (Å²) in [6, 6.07) is 1.47. The second kappa shape index (κ2) is 7.21. The van der Waals surface area contributed by atoms with Gasteiger partial charge in [-0.05, 0) is 18.1 Å². The molecule has 2 aromatic heterocycles. The zero-order valence-corrected chi connectivity index (χ0v) is 14.8. The fourth-order valence-electron chi connectivity index (χ4n) is 2.65. The molecular formula is C15H10ClF6N5O2. The molecule has 0 spiro atoms. The Morgan fingerprint density at radius 1 is 1.14 bits per heavy atom. The number of nitrogens with one attached hydrogen (secondary N) is 2. The number of rotatable bonds is 2. The first-order valence-corrected chi connectivity index (χ1v) is 8.24. The van der Waals surface area contributed by atoms with Gasteiger partial charge in [-0.1, -0.05) is 17.7 Å². The number of hydrogen-bond acceptors (Lipinski definition) is 4. The molecule has 2 amide bonds. The fraction of sp³-hybridized carbons (Fsp3) is 0.333. The maximum Gasteiger partial charge on any atom is 0.471 e. The number of nitrogens with zero attached hydrogens (tertiary/aromatic N) is 3. The first kappa shape index (κ1) is 20.9. The number of carbonyl (C=O) groups is 2. The number of aromatic nitrogens is 3. The van der Waals surface area contributed by atoms with E-state index in [1.165, 1.54) is 17.5 Å². The van der Waals surface area contributed by atoms with Crippen LogP contribution >= 0.6 is 11.6 Å². The molecule has 3 rings (SSSR count). The van der Waals surface area contributed by atoms with Crippen molar-refractivity contribution < 1.29 is 35.9 Å². The summed E-state index contributed by atoms with van der Waals surface area (Å²) < 4.78 is 74.5. The van der Waals surface area contributed by atoms with Crippen LogP contribution in [0.1, 0.15) is 12.1 Å². The zero-order chi connectivity index (χ0) is 21.6. The smallest absolute Gasteiger partial charge is 0.339 e. The third-order valence-electron chi connectivity index (χ3n) is 4.01. The highest BCUT2D eigenvalue weighted by molar-refractivity contribution is 6.34. The SMILES string of the molecule is O=C(Nc1nc(Cl)c2cc(C3=CCN(C(=O)C(F)(F)F)CC3)[nH]c2n1)C(F)(F)F. The minimum Gasteiger partial charge on any atom is -0.339 e. The molecule has 29 heavy (non-hydrogen) atoms. The minimum absolute atomic E-state index is 0.0205. The summed E-state index contributed by atoms with van der Waals surface area (Å²) >= 11 is 5.93. The Bertz CT molecular complexity index is 1010. The first-order valence-electron chi connectivity index (χ1n) is 7.86. The summed E-state index contributed by atoms with van der Waals surface area (Å²) in [6.07, 6.45) is -8.60. The van der Waals surface area contributed by atoms with Crippen LogP contribution in [0.25, 0.3) is 16.6 Å². The lowest BCUT2D eigenvalue weighted by Crippen LogP contribution is -2.43. The van der Waals surface area contributed by atoms with E-state index in [4.69, 9.17) is 11.6 Å². The van der Waals surface area contributed by atoms with Crippen molar-refractivity contribution >= 4 is 46.0 Å². The topological polar surface area (TPSA) is 91.0 Å². The molecule has 0 saturated carbocycles. The highest BCUT2D eigenvalue weighted by Crippen LogP contribution is 2.30. The molecule has 0 unspecified atom stereocenters. The van der Waals surface area contributed by atoms with Crippen LogP contribution in [-0.2, 0) is 9.59 Å². The van der Waals surface area contributed by atoms with E-state index in [0.29, 0.717) is 16.2 Å². The molecule has 14 heteroatoms. The third-order valence-corrected chi connectivity index (χ3v) is 4.30. The average Bonchev–Trinajstić information content (AvgIpc) is 3.04. The largest absolute Gasteiger partial charge is 0.471 e. The van der Waals surface area contributed by atoms with Gasteiger partial charge in [0.05, 0.1) is 5.39 Å². The molecule has 2 N–H and O–H groups in total. The number of alkyl halides is 6. The number of anilines is 1. The van der Waals surface area contributed by atoms with Crippen molar-refractivity contribution in [1.29, 1.82) is 0 Å². The molecule has 0 aliphatic carbocycles. The van der Waals surface area contributed by atoms with Gasteiger partial charge in [-0.3, -0.25) is 14.9 Å². The second-order valence-electron chi connectivity index (χ2n) is 5.96. The molecule has 0 aromatic carbocycles. The summed E-state index contributed by atoms with van der Waals surface area (Å²) in [5.41, 5.74) is 0.980. The van der Waals surface area contributed by atoms with Crippen LogP contribution in [0.3, 0.4) is 0 Å². The van der Waals surface area contributed by atoms with E-state index in [-0.39, 0.29) is 35.7 Å². The van der Waals surface area contributed by atoms with E-state index in [0.717, 1.165) is 0 Å². The highest BCUT2D eigenvalue weighted by atomic mass is 35.5. The molecule has 1 aliphatic rings. The molecule has 1 aliphatic heterocycles. The lowest BCUT2D eigenvalue weighted by atomic mass is 10.0. The minimum atomic E-state index is -5.14. The Morgan fingerprint density at radius 3 is 2.38 bits per heavy atom. The molecule has 0 bridgehead atoms. The van der Waals surface area contributed by atoms with Crippen molar-refractivity contribution in [2.45, 2.75) is 18.8 Å². The van der Waals surface area contributed by atoms with Crippen molar-refractivity contribution in [2.24, 2.45) is 0 Å². The predicted octanol–water partition coefficient (Wildman–Crippen LogP) is 3.29. The highest BCUT2D eigenvalue weighted by Gasteiger charge is 2.42. The summed E-state index contributed by atoms with van der Waals surface area (Å²) in [5, 5.41) is 1.48. The van der Waals surface area contributed by atoms with Crippen LogP contribution in [0.2, 0.25) is 5.15 Å². The molecule has 156 valence electrons. The Kier molecular flexibility index (Phi) is 5.19. The maximum atomic E-state index is 12.5. The van der Waals surface area contributed by atoms with Crippen molar-refractivity contribution in [3.63, 3.8) is 0 Å². The van der Waals surface area contributed by atoms with E-state index in [1.54, 1.807) is 0 Å². The summed E-state index contributed by atoms with van der Waals surface area (Å²) in [7, 11) is 0. The van der Waals surface area contributed by atoms with Gasteiger partial charge in [0.25, 0.3) is 0 Å². The Labute approximate surface area is 162 Å². The number of hydrogen-bond donors (Lipinski definition) is 2. The lowest BCUT2D eigenvalue weighted by molar-refractivity contribution is -0.185. The van der Waals surface area contributed by atoms with Crippen LogP contribution in [-0.4, -0.2) is 57.1 Å². The van der Waals surface area contributed by atoms with Gasteiger partial charge in [0.15, 0.2) is 0 Å². The Hall–Kier alpha value is -2.83. The fourth-order valence-corrected chi connectivity index (χ4v) is 2.88. The number of carbonyl (C=O) groups excluding carboxylic acids is 2. The van der Waals surface area contributed by atoms with Gasteiger partial charge in [-0.2, -0.15) is 36.3 Å². The van der Waals surface area contributed by atoms with Gasteiger partial charge in [0.1, 0.15) is 10.8 Å². The van der Waals surface area contributed by atoms with Crippen LogP contribution in [0, 0.1) is 0 Å². The quantitative estimate of drug-likeness (QED) is 0.553. The van der Waals surface area contributed by atoms with Gasteiger partial charge in [-0.15, -0.1) is 0 Å². The number of fused-ring (bicyclic) bond motifs is 1. The maximum absolute atomic E-state index is 12.5. The van der Waals surface area contributed by atoms with Crippen LogP contribution in [0.4, 0.5) is 32.3 Å². The standard InChI is InChI=1S/C15H10ClF6N5O2/c16-9-7-5-8(6-1-3-27(4-2-6)12(29)15(20,21)22)23-10(7)25-13(24-9)26-11(28)14(17,18)19/h1,5H,2-4H2,(H2,23,24,25,26,28). The third kappa shape index (κ3) is 4.44. The van der Waals surface area contributed by atoms with E-state index in [1.807, 2.05) is 0 Å². The van der Waals surface area contributed by atoms with Gasteiger partial charge >= 0.3 is 24.2 Å². The number of halogens is 7. The van der Waals surface area contributed by atoms with Gasteiger partial charge in [-0.25, -0.2) is 0 Å². The molecule has 0 saturated heterocycles. The molecule has 0 atom stereocenters. The molecule has 7 nitrogen and oxygen atoms in total.